The third-order valence-corrected chi connectivity index (χ3v) is 2.80. The molecule has 2 aromatic rings. The van der Waals surface area contributed by atoms with E-state index in [1.807, 2.05) is 0 Å². The second kappa shape index (κ2) is 7.14. The lowest BCUT2D eigenvalue weighted by molar-refractivity contribution is 0.0409. The molecule has 2 rings (SSSR count). The fraction of sp³-hybridized carbons (Fsp3) is 0.375. The van der Waals surface area contributed by atoms with Crippen LogP contribution in [0.2, 0.25) is 0 Å². The average Bonchev–Trinajstić information content (AvgIpc) is 2.42. The molecule has 0 spiro atoms. The highest BCUT2D eigenvalue weighted by molar-refractivity contribution is 5.82. The van der Waals surface area contributed by atoms with Crippen LogP contribution in [0.1, 0.15) is 18.9 Å². The fourth-order valence-electron chi connectivity index (χ4n) is 1.88. The number of hydrogen-bond donors (Lipinski definition) is 0. The van der Waals surface area contributed by atoms with E-state index >= 15 is 0 Å². The van der Waals surface area contributed by atoms with Crippen molar-refractivity contribution in [1.29, 1.82) is 0 Å². The predicted octanol–water partition coefficient (Wildman–Crippen LogP) is 3.78. The zero-order chi connectivity index (χ0) is 12.6. The van der Waals surface area contributed by atoms with Crippen LogP contribution in [0.15, 0.2) is 42.5 Å². The fourth-order valence-corrected chi connectivity index (χ4v) is 1.88. The Labute approximate surface area is 109 Å². The van der Waals surface area contributed by atoms with E-state index in [0.717, 1.165) is 13.0 Å². The monoisotopic (exact) mass is 244 g/mol. The number of fused-ring (bicyclic) bond motifs is 1. The average molecular weight is 244 g/mol. The molecule has 0 aliphatic rings. The first kappa shape index (κ1) is 13.1. The van der Waals surface area contributed by atoms with Crippen LogP contribution in [0.25, 0.3) is 10.8 Å². The van der Waals surface area contributed by atoms with E-state index in [0.29, 0.717) is 19.8 Å². The van der Waals surface area contributed by atoms with Gasteiger partial charge in [-0.15, -0.1) is 0 Å². The highest BCUT2D eigenvalue weighted by Gasteiger charge is 1.96. The maximum Gasteiger partial charge on any atom is 0.0718 e. The molecule has 0 fully saturated rings. The van der Waals surface area contributed by atoms with Gasteiger partial charge >= 0.3 is 0 Å². The Morgan fingerprint density at radius 2 is 1.61 bits per heavy atom. The molecule has 0 N–H and O–H groups in total. The van der Waals surface area contributed by atoms with Crippen molar-refractivity contribution in [2.24, 2.45) is 0 Å². The van der Waals surface area contributed by atoms with Crippen LogP contribution in [-0.2, 0) is 16.1 Å². The van der Waals surface area contributed by atoms with Crippen molar-refractivity contribution < 1.29 is 9.47 Å². The van der Waals surface area contributed by atoms with Gasteiger partial charge in [0.05, 0.1) is 19.8 Å². The SMILES string of the molecule is CCCOCCOCc1ccc2ccccc2c1. The molecule has 2 aromatic carbocycles. The van der Waals surface area contributed by atoms with Crippen molar-refractivity contribution in [2.45, 2.75) is 20.0 Å². The van der Waals surface area contributed by atoms with E-state index in [1.165, 1.54) is 16.3 Å². The number of hydrogen-bond acceptors (Lipinski definition) is 2. The topological polar surface area (TPSA) is 18.5 Å². The molecule has 0 aliphatic carbocycles. The van der Waals surface area contributed by atoms with Gasteiger partial charge in [0.2, 0.25) is 0 Å². The van der Waals surface area contributed by atoms with Crippen LogP contribution < -0.4 is 0 Å². The molecule has 0 atom stereocenters. The van der Waals surface area contributed by atoms with E-state index in [1.54, 1.807) is 0 Å². The second-order valence-corrected chi connectivity index (χ2v) is 4.35. The summed E-state index contributed by atoms with van der Waals surface area (Å²) in [5.74, 6) is 0. The molecule has 0 aliphatic heterocycles. The summed E-state index contributed by atoms with van der Waals surface area (Å²) in [4.78, 5) is 0. The van der Waals surface area contributed by atoms with E-state index in [9.17, 15) is 0 Å². The minimum Gasteiger partial charge on any atom is -0.379 e. The van der Waals surface area contributed by atoms with Gasteiger partial charge in [-0.3, -0.25) is 0 Å². The molecule has 0 radical (unpaired) electrons. The first-order valence-electron chi connectivity index (χ1n) is 6.53. The summed E-state index contributed by atoms with van der Waals surface area (Å²) in [6.45, 7) is 4.92. The van der Waals surface area contributed by atoms with Gasteiger partial charge in [0, 0.05) is 6.61 Å². The molecule has 18 heavy (non-hydrogen) atoms. The first-order chi connectivity index (χ1) is 8.90. The normalized spacial score (nSPS) is 10.9. The molecule has 0 heterocycles. The van der Waals surface area contributed by atoms with Crippen LogP contribution in [0.3, 0.4) is 0 Å². The Kier molecular flexibility index (Phi) is 5.18. The molecule has 0 saturated heterocycles. The summed E-state index contributed by atoms with van der Waals surface area (Å²) in [6, 6.07) is 14.8. The van der Waals surface area contributed by atoms with Gasteiger partial charge in [-0.2, -0.15) is 0 Å². The number of benzene rings is 2. The molecule has 2 nitrogen and oxygen atoms in total. The van der Waals surface area contributed by atoms with Crippen LogP contribution in [0, 0.1) is 0 Å². The second-order valence-electron chi connectivity index (χ2n) is 4.35. The summed E-state index contributed by atoms with van der Waals surface area (Å²) in [5.41, 5.74) is 1.21. The largest absolute Gasteiger partial charge is 0.379 e. The van der Waals surface area contributed by atoms with Gasteiger partial charge < -0.3 is 9.47 Å². The third kappa shape index (κ3) is 3.83. The first-order valence-corrected chi connectivity index (χ1v) is 6.53. The van der Waals surface area contributed by atoms with Crippen molar-refractivity contribution in [3.63, 3.8) is 0 Å². The Morgan fingerprint density at radius 3 is 2.44 bits per heavy atom. The Hall–Kier alpha value is -1.38. The lowest BCUT2D eigenvalue weighted by Crippen LogP contribution is -2.04. The number of rotatable bonds is 7. The van der Waals surface area contributed by atoms with E-state index < -0.39 is 0 Å². The lowest BCUT2D eigenvalue weighted by atomic mass is 10.1. The molecule has 0 unspecified atom stereocenters. The van der Waals surface area contributed by atoms with Crippen molar-refractivity contribution in [3.8, 4) is 0 Å². The molecular formula is C16H20O2. The number of ether oxygens (including phenoxy) is 2. The van der Waals surface area contributed by atoms with Gasteiger partial charge in [-0.25, -0.2) is 0 Å². The predicted molar refractivity (Wildman–Crippen MR) is 74.7 cm³/mol. The molecule has 2 heteroatoms. The van der Waals surface area contributed by atoms with Gasteiger partial charge in [0.1, 0.15) is 0 Å². The van der Waals surface area contributed by atoms with Crippen LogP contribution >= 0.6 is 0 Å². The van der Waals surface area contributed by atoms with Gasteiger partial charge in [-0.05, 0) is 28.8 Å². The van der Waals surface area contributed by atoms with Crippen LogP contribution in [-0.4, -0.2) is 19.8 Å². The van der Waals surface area contributed by atoms with Crippen molar-refractivity contribution in [1.82, 2.24) is 0 Å². The Balaban J connectivity index is 1.81. The van der Waals surface area contributed by atoms with E-state index in [2.05, 4.69) is 49.4 Å². The minimum absolute atomic E-state index is 0.653. The zero-order valence-corrected chi connectivity index (χ0v) is 10.9. The van der Waals surface area contributed by atoms with E-state index in [-0.39, 0.29) is 0 Å². The van der Waals surface area contributed by atoms with Gasteiger partial charge in [0.15, 0.2) is 0 Å². The van der Waals surface area contributed by atoms with Gasteiger partial charge in [-0.1, -0.05) is 43.3 Å². The maximum absolute atomic E-state index is 5.59. The van der Waals surface area contributed by atoms with Crippen molar-refractivity contribution in [3.05, 3.63) is 48.0 Å². The molecular weight excluding hydrogens is 224 g/mol. The molecule has 0 saturated carbocycles. The van der Waals surface area contributed by atoms with Crippen molar-refractivity contribution >= 4 is 10.8 Å². The summed E-state index contributed by atoms with van der Waals surface area (Å²) in [6.07, 6.45) is 1.06. The standard InChI is InChI=1S/C16H20O2/c1-2-9-17-10-11-18-13-14-7-8-15-5-3-4-6-16(15)12-14/h3-8,12H,2,9-11,13H2,1H3. The molecule has 0 aromatic heterocycles. The Morgan fingerprint density at radius 1 is 0.833 bits per heavy atom. The molecule has 0 amide bonds. The molecule has 0 bridgehead atoms. The third-order valence-electron chi connectivity index (χ3n) is 2.80. The van der Waals surface area contributed by atoms with Crippen molar-refractivity contribution in [2.75, 3.05) is 19.8 Å². The molecule has 96 valence electrons. The van der Waals surface area contributed by atoms with Crippen LogP contribution in [0.4, 0.5) is 0 Å². The lowest BCUT2D eigenvalue weighted by Gasteiger charge is -2.06. The minimum atomic E-state index is 0.653. The van der Waals surface area contributed by atoms with Gasteiger partial charge in [0.25, 0.3) is 0 Å². The smallest absolute Gasteiger partial charge is 0.0718 e. The Bertz CT molecular complexity index is 479. The summed E-state index contributed by atoms with van der Waals surface area (Å²) in [7, 11) is 0. The summed E-state index contributed by atoms with van der Waals surface area (Å²) in [5, 5.41) is 2.54. The van der Waals surface area contributed by atoms with Crippen LogP contribution in [0.5, 0.6) is 0 Å². The van der Waals surface area contributed by atoms with E-state index in [4.69, 9.17) is 9.47 Å². The highest BCUT2D eigenvalue weighted by Crippen LogP contribution is 2.16. The summed E-state index contributed by atoms with van der Waals surface area (Å²) >= 11 is 0. The zero-order valence-electron chi connectivity index (χ0n) is 10.9. The quantitative estimate of drug-likeness (QED) is 0.690. The maximum atomic E-state index is 5.59. The highest BCUT2D eigenvalue weighted by atomic mass is 16.5. The summed E-state index contributed by atoms with van der Waals surface area (Å²) < 4.78 is 11.0.